The lowest BCUT2D eigenvalue weighted by molar-refractivity contribution is -0.115. The molecule has 4 nitrogen and oxygen atoms in total. The van der Waals surface area contributed by atoms with Crippen LogP contribution < -0.4 is 10.6 Å². The van der Waals surface area contributed by atoms with Gasteiger partial charge in [0.05, 0.1) is 22.7 Å². The predicted molar refractivity (Wildman–Crippen MR) is 107 cm³/mol. The van der Waals surface area contributed by atoms with Gasteiger partial charge in [-0.2, -0.15) is 0 Å². The molecule has 1 heterocycles. The molecule has 2 aromatic carbocycles. The van der Waals surface area contributed by atoms with Gasteiger partial charge in [-0.1, -0.05) is 42.0 Å². The van der Waals surface area contributed by atoms with E-state index in [9.17, 15) is 9.59 Å². The predicted octanol–water partition coefficient (Wildman–Crippen LogP) is 4.80. The number of carbonyl (C=O) groups is 2. The summed E-state index contributed by atoms with van der Waals surface area (Å²) in [5.41, 5.74) is 4.39. The third-order valence-corrected chi connectivity index (χ3v) is 4.92. The van der Waals surface area contributed by atoms with Crippen LogP contribution in [-0.2, 0) is 11.2 Å². The fourth-order valence-corrected chi connectivity index (χ4v) is 3.27. The zero-order chi connectivity index (χ0) is 18.5. The Kier molecular flexibility index (Phi) is 5.49. The summed E-state index contributed by atoms with van der Waals surface area (Å²) in [4.78, 5) is 25.4. The van der Waals surface area contributed by atoms with Crippen LogP contribution in [0.3, 0.4) is 0 Å². The Morgan fingerprint density at radius 1 is 0.923 bits per heavy atom. The van der Waals surface area contributed by atoms with Crippen LogP contribution in [0.1, 0.15) is 26.4 Å². The van der Waals surface area contributed by atoms with E-state index in [0.29, 0.717) is 22.7 Å². The molecule has 0 atom stereocenters. The Bertz CT molecular complexity index is 933. The van der Waals surface area contributed by atoms with Crippen molar-refractivity contribution >= 4 is 34.5 Å². The number of anilines is 2. The Morgan fingerprint density at radius 3 is 2.35 bits per heavy atom. The van der Waals surface area contributed by atoms with E-state index in [-0.39, 0.29) is 11.8 Å². The lowest BCUT2D eigenvalue weighted by Crippen LogP contribution is -2.18. The van der Waals surface area contributed by atoms with E-state index in [1.165, 1.54) is 11.3 Å². The first-order valence-electron chi connectivity index (χ1n) is 8.33. The molecule has 0 saturated carbocycles. The van der Waals surface area contributed by atoms with Gasteiger partial charge >= 0.3 is 0 Å². The minimum Gasteiger partial charge on any atom is -0.324 e. The van der Waals surface area contributed by atoms with Crippen molar-refractivity contribution in [2.24, 2.45) is 0 Å². The van der Waals surface area contributed by atoms with Gasteiger partial charge in [-0.25, -0.2) is 0 Å². The number of nitrogens with one attached hydrogen (secondary N) is 2. The van der Waals surface area contributed by atoms with Crippen molar-refractivity contribution in [1.29, 1.82) is 0 Å². The van der Waals surface area contributed by atoms with Gasteiger partial charge in [0.25, 0.3) is 5.91 Å². The standard InChI is InChI=1S/C21H20N2O2S/c1-14-9-10-15(2)16(12-14)13-20(24)22-17-6-3-4-7-18(17)23-21(25)19-8-5-11-26-19/h3-12H,13H2,1-2H3,(H,22,24)(H,23,25). The number of rotatable bonds is 5. The SMILES string of the molecule is Cc1ccc(C)c(CC(=O)Nc2ccccc2NC(=O)c2cccs2)c1. The van der Waals surface area contributed by atoms with E-state index >= 15 is 0 Å². The normalized spacial score (nSPS) is 10.4. The topological polar surface area (TPSA) is 58.2 Å². The van der Waals surface area contributed by atoms with Crippen molar-refractivity contribution in [3.8, 4) is 0 Å². The van der Waals surface area contributed by atoms with E-state index in [1.807, 2.05) is 55.6 Å². The molecule has 3 rings (SSSR count). The van der Waals surface area contributed by atoms with Gasteiger partial charge in [0.2, 0.25) is 5.91 Å². The number of aryl methyl sites for hydroxylation is 2. The molecule has 2 amide bonds. The van der Waals surface area contributed by atoms with Crippen LogP contribution in [0.25, 0.3) is 0 Å². The van der Waals surface area contributed by atoms with Crippen molar-refractivity contribution in [1.82, 2.24) is 0 Å². The van der Waals surface area contributed by atoms with E-state index in [0.717, 1.165) is 16.7 Å². The van der Waals surface area contributed by atoms with Crippen LogP contribution in [0.15, 0.2) is 60.0 Å². The number of amides is 2. The molecule has 1 aromatic heterocycles. The highest BCUT2D eigenvalue weighted by Crippen LogP contribution is 2.23. The average Bonchev–Trinajstić information content (AvgIpc) is 3.14. The van der Waals surface area contributed by atoms with E-state index in [2.05, 4.69) is 10.6 Å². The average molecular weight is 364 g/mol. The molecular formula is C21H20N2O2S. The van der Waals surface area contributed by atoms with Crippen LogP contribution in [-0.4, -0.2) is 11.8 Å². The first kappa shape index (κ1) is 17.9. The molecule has 0 unspecified atom stereocenters. The Hall–Kier alpha value is -2.92. The summed E-state index contributed by atoms with van der Waals surface area (Å²) >= 11 is 1.38. The molecule has 0 saturated heterocycles. The Morgan fingerprint density at radius 2 is 1.65 bits per heavy atom. The van der Waals surface area contributed by atoms with Gasteiger partial charge in [-0.3, -0.25) is 9.59 Å². The molecule has 26 heavy (non-hydrogen) atoms. The maximum absolute atomic E-state index is 12.5. The summed E-state index contributed by atoms with van der Waals surface area (Å²) in [6, 6.07) is 16.9. The molecule has 0 fully saturated rings. The van der Waals surface area contributed by atoms with Crippen LogP contribution in [0.5, 0.6) is 0 Å². The van der Waals surface area contributed by atoms with Crippen LogP contribution >= 0.6 is 11.3 Å². The highest BCUT2D eigenvalue weighted by molar-refractivity contribution is 7.12. The third kappa shape index (κ3) is 4.37. The quantitative estimate of drug-likeness (QED) is 0.683. The summed E-state index contributed by atoms with van der Waals surface area (Å²) in [7, 11) is 0. The van der Waals surface area contributed by atoms with Crippen LogP contribution in [0, 0.1) is 13.8 Å². The summed E-state index contributed by atoms with van der Waals surface area (Å²) < 4.78 is 0. The molecule has 0 bridgehead atoms. The molecule has 0 radical (unpaired) electrons. The lowest BCUT2D eigenvalue weighted by atomic mass is 10.0. The Balaban J connectivity index is 1.72. The minimum atomic E-state index is -0.184. The van der Waals surface area contributed by atoms with Crippen molar-refractivity contribution < 1.29 is 9.59 Å². The summed E-state index contributed by atoms with van der Waals surface area (Å²) in [5, 5.41) is 7.62. The maximum Gasteiger partial charge on any atom is 0.265 e. The highest BCUT2D eigenvalue weighted by Gasteiger charge is 2.12. The van der Waals surface area contributed by atoms with Crippen LogP contribution in [0.4, 0.5) is 11.4 Å². The smallest absolute Gasteiger partial charge is 0.265 e. The Labute approximate surface area is 156 Å². The molecule has 0 spiro atoms. The number of hydrogen-bond donors (Lipinski definition) is 2. The fourth-order valence-electron chi connectivity index (χ4n) is 2.65. The summed E-state index contributed by atoms with van der Waals surface area (Å²) in [6.45, 7) is 4.01. The molecule has 0 aliphatic carbocycles. The highest BCUT2D eigenvalue weighted by atomic mass is 32.1. The van der Waals surface area contributed by atoms with Gasteiger partial charge in [-0.05, 0) is 48.6 Å². The number of para-hydroxylation sites is 2. The largest absolute Gasteiger partial charge is 0.324 e. The molecule has 2 N–H and O–H groups in total. The second-order valence-corrected chi connectivity index (χ2v) is 7.08. The van der Waals surface area contributed by atoms with Gasteiger partial charge in [0.1, 0.15) is 0 Å². The van der Waals surface area contributed by atoms with Gasteiger partial charge in [0, 0.05) is 0 Å². The number of carbonyl (C=O) groups excluding carboxylic acids is 2. The third-order valence-electron chi connectivity index (χ3n) is 4.05. The zero-order valence-corrected chi connectivity index (χ0v) is 15.5. The van der Waals surface area contributed by atoms with Crippen molar-refractivity contribution in [2.45, 2.75) is 20.3 Å². The summed E-state index contributed by atoms with van der Waals surface area (Å²) in [6.07, 6.45) is 0.292. The first-order valence-corrected chi connectivity index (χ1v) is 9.21. The first-order chi connectivity index (χ1) is 12.5. The van der Waals surface area contributed by atoms with Crippen molar-refractivity contribution in [2.75, 3.05) is 10.6 Å². The van der Waals surface area contributed by atoms with E-state index in [1.54, 1.807) is 18.2 Å². The number of hydrogen-bond acceptors (Lipinski definition) is 3. The van der Waals surface area contributed by atoms with Gasteiger partial charge in [-0.15, -0.1) is 11.3 Å². The molecule has 3 aromatic rings. The van der Waals surface area contributed by atoms with E-state index < -0.39 is 0 Å². The molecule has 0 aliphatic rings. The van der Waals surface area contributed by atoms with E-state index in [4.69, 9.17) is 0 Å². The summed E-state index contributed by atoms with van der Waals surface area (Å²) in [5.74, 6) is -0.298. The second kappa shape index (κ2) is 7.97. The van der Waals surface area contributed by atoms with Gasteiger partial charge in [0.15, 0.2) is 0 Å². The molecule has 5 heteroatoms. The van der Waals surface area contributed by atoms with Crippen molar-refractivity contribution in [3.63, 3.8) is 0 Å². The van der Waals surface area contributed by atoms with Gasteiger partial charge < -0.3 is 10.6 Å². The number of thiophene rings is 1. The fraction of sp³-hybridized carbons (Fsp3) is 0.143. The number of benzene rings is 2. The lowest BCUT2D eigenvalue weighted by Gasteiger charge is -2.13. The zero-order valence-electron chi connectivity index (χ0n) is 14.7. The molecular weight excluding hydrogens is 344 g/mol. The molecule has 132 valence electrons. The van der Waals surface area contributed by atoms with Crippen LogP contribution in [0.2, 0.25) is 0 Å². The monoisotopic (exact) mass is 364 g/mol. The maximum atomic E-state index is 12.5. The molecule has 0 aliphatic heterocycles. The minimum absolute atomic E-state index is 0.114. The van der Waals surface area contributed by atoms with Crippen molar-refractivity contribution in [3.05, 3.63) is 81.5 Å². The second-order valence-electron chi connectivity index (χ2n) is 6.13.